The van der Waals surface area contributed by atoms with Gasteiger partial charge in [-0.05, 0) is 11.8 Å². The Kier molecular flexibility index (Phi) is 3.11. The van der Waals surface area contributed by atoms with Gasteiger partial charge in [0.2, 0.25) is 5.82 Å². The van der Waals surface area contributed by atoms with E-state index in [1.807, 2.05) is 17.7 Å². The second-order valence-electron chi connectivity index (χ2n) is 4.40. The SMILES string of the molecule is CC(Cn1ccnc1)Nc1nc2sccn2c1[N+](=O)[O-]. The molecule has 0 aliphatic carbocycles. The predicted molar refractivity (Wildman–Crippen MR) is 75.0 cm³/mol. The van der Waals surface area contributed by atoms with E-state index in [4.69, 9.17) is 0 Å². The molecule has 0 aromatic carbocycles. The lowest BCUT2D eigenvalue weighted by atomic mass is 10.3. The first-order valence-electron chi connectivity index (χ1n) is 5.97. The van der Waals surface area contributed by atoms with Gasteiger partial charge in [0.15, 0.2) is 0 Å². The molecule has 0 fully saturated rings. The molecule has 0 aliphatic heterocycles. The van der Waals surface area contributed by atoms with E-state index in [1.54, 1.807) is 24.1 Å². The number of hydrogen-bond donors (Lipinski definition) is 1. The second kappa shape index (κ2) is 4.93. The van der Waals surface area contributed by atoms with Crippen LogP contribution in [0.2, 0.25) is 0 Å². The Labute approximate surface area is 117 Å². The predicted octanol–water partition coefficient (Wildman–Crippen LogP) is 2.00. The molecule has 1 N–H and O–H groups in total. The molecule has 0 amide bonds. The van der Waals surface area contributed by atoms with Gasteiger partial charge in [-0.2, -0.15) is 9.38 Å². The molecule has 3 heterocycles. The summed E-state index contributed by atoms with van der Waals surface area (Å²) < 4.78 is 3.39. The van der Waals surface area contributed by atoms with Crippen LogP contribution in [0.15, 0.2) is 30.3 Å². The topological polar surface area (TPSA) is 90.3 Å². The van der Waals surface area contributed by atoms with E-state index in [0.29, 0.717) is 17.3 Å². The number of hydrogen-bond acceptors (Lipinski definition) is 6. The number of nitrogens with one attached hydrogen (secondary N) is 1. The van der Waals surface area contributed by atoms with E-state index in [9.17, 15) is 10.1 Å². The normalized spacial score (nSPS) is 12.7. The third kappa shape index (κ3) is 2.23. The summed E-state index contributed by atoms with van der Waals surface area (Å²) in [5.74, 6) is 0.271. The maximum absolute atomic E-state index is 11.2. The number of anilines is 1. The van der Waals surface area contributed by atoms with Crippen molar-refractivity contribution < 1.29 is 4.92 Å². The van der Waals surface area contributed by atoms with Gasteiger partial charge in [0, 0.05) is 30.4 Å². The van der Waals surface area contributed by atoms with Crippen LogP contribution in [0.1, 0.15) is 6.92 Å². The molecule has 3 aromatic heterocycles. The summed E-state index contributed by atoms with van der Waals surface area (Å²) in [5, 5.41) is 16.0. The molecule has 0 saturated carbocycles. The lowest BCUT2D eigenvalue weighted by molar-refractivity contribution is -0.389. The third-order valence-electron chi connectivity index (χ3n) is 2.84. The summed E-state index contributed by atoms with van der Waals surface area (Å²) in [6.07, 6.45) is 6.90. The Hall–Kier alpha value is -2.42. The molecule has 0 aliphatic rings. The molecular formula is C11H12N6O2S. The first kappa shape index (κ1) is 12.6. The second-order valence-corrected chi connectivity index (χ2v) is 5.27. The number of thiazole rings is 1. The highest BCUT2D eigenvalue weighted by molar-refractivity contribution is 7.15. The number of nitrogens with zero attached hydrogens (tertiary/aromatic N) is 5. The Balaban J connectivity index is 1.84. The van der Waals surface area contributed by atoms with Crippen LogP contribution in [-0.4, -0.2) is 29.9 Å². The minimum absolute atomic E-state index is 0.00694. The molecular weight excluding hydrogens is 280 g/mol. The van der Waals surface area contributed by atoms with Crippen LogP contribution in [0.25, 0.3) is 4.96 Å². The van der Waals surface area contributed by atoms with Crippen molar-refractivity contribution in [1.82, 2.24) is 18.9 Å². The maximum Gasteiger partial charge on any atom is 0.372 e. The number of fused-ring (bicyclic) bond motifs is 1. The zero-order chi connectivity index (χ0) is 14.1. The molecule has 1 atom stereocenters. The first-order valence-corrected chi connectivity index (χ1v) is 6.85. The van der Waals surface area contributed by atoms with Crippen molar-refractivity contribution >= 4 is 27.9 Å². The Morgan fingerprint density at radius 1 is 1.55 bits per heavy atom. The van der Waals surface area contributed by atoms with Gasteiger partial charge in [0.05, 0.1) is 6.33 Å². The lowest BCUT2D eigenvalue weighted by Crippen LogP contribution is -2.22. The number of nitro groups is 1. The van der Waals surface area contributed by atoms with Crippen LogP contribution >= 0.6 is 11.3 Å². The Morgan fingerprint density at radius 3 is 3.10 bits per heavy atom. The van der Waals surface area contributed by atoms with Crippen LogP contribution in [0.5, 0.6) is 0 Å². The molecule has 0 radical (unpaired) electrons. The average molecular weight is 292 g/mol. The van der Waals surface area contributed by atoms with E-state index in [2.05, 4.69) is 15.3 Å². The van der Waals surface area contributed by atoms with Crippen LogP contribution in [0, 0.1) is 10.1 Å². The van der Waals surface area contributed by atoms with E-state index >= 15 is 0 Å². The van der Waals surface area contributed by atoms with Crippen molar-refractivity contribution in [2.24, 2.45) is 0 Å². The van der Waals surface area contributed by atoms with Crippen molar-refractivity contribution in [3.05, 3.63) is 40.4 Å². The minimum Gasteiger partial charge on any atom is -0.359 e. The summed E-state index contributed by atoms with van der Waals surface area (Å²) in [4.78, 5) is 19.6. The number of rotatable bonds is 5. The summed E-state index contributed by atoms with van der Waals surface area (Å²) in [6.45, 7) is 2.60. The summed E-state index contributed by atoms with van der Waals surface area (Å²) in [6, 6.07) is -0.00694. The Bertz CT molecular complexity index is 731. The van der Waals surface area contributed by atoms with E-state index in [-0.39, 0.29) is 11.9 Å². The number of imidazole rings is 2. The zero-order valence-corrected chi connectivity index (χ0v) is 11.4. The Morgan fingerprint density at radius 2 is 2.40 bits per heavy atom. The molecule has 1 unspecified atom stereocenters. The quantitative estimate of drug-likeness (QED) is 0.573. The fourth-order valence-corrected chi connectivity index (χ4v) is 2.74. The van der Waals surface area contributed by atoms with Crippen LogP contribution in [0.4, 0.5) is 11.6 Å². The number of aromatic nitrogens is 4. The standard InChI is InChI=1S/C11H12N6O2S/c1-8(6-15-3-2-12-7-15)13-9-10(17(18)19)16-4-5-20-11(16)14-9/h2-5,7-8,13H,6H2,1H3. The van der Waals surface area contributed by atoms with Gasteiger partial charge >= 0.3 is 5.82 Å². The van der Waals surface area contributed by atoms with Gasteiger partial charge in [-0.15, -0.1) is 0 Å². The highest BCUT2D eigenvalue weighted by atomic mass is 32.1. The van der Waals surface area contributed by atoms with Crippen molar-refractivity contribution in [2.45, 2.75) is 19.5 Å². The highest BCUT2D eigenvalue weighted by Gasteiger charge is 2.24. The fourth-order valence-electron chi connectivity index (χ4n) is 2.04. The molecule has 9 heteroatoms. The monoisotopic (exact) mass is 292 g/mol. The van der Waals surface area contributed by atoms with Crippen LogP contribution < -0.4 is 5.32 Å². The fraction of sp³-hybridized carbons (Fsp3) is 0.273. The summed E-state index contributed by atoms with van der Waals surface area (Å²) in [7, 11) is 0. The van der Waals surface area contributed by atoms with Crippen LogP contribution in [0.3, 0.4) is 0 Å². The first-order chi connectivity index (χ1) is 9.65. The van der Waals surface area contributed by atoms with Crippen molar-refractivity contribution in [2.75, 3.05) is 5.32 Å². The van der Waals surface area contributed by atoms with Gasteiger partial charge in [-0.25, -0.2) is 4.98 Å². The minimum atomic E-state index is -0.418. The molecule has 104 valence electrons. The molecule has 20 heavy (non-hydrogen) atoms. The van der Waals surface area contributed by atoms with Crippen molar-refractivity contribution in [1.29, 1.82) is 0 Å². The van der Waals surface area contributed by atoms with E-state index in [0.717, 1.165) is 0 Å². The van der Waals surface area contributed by atoms with Crippen molar-refractivity contribution in [3.8, 4) is 0 Å². The van der Waals surface area contributed by atoms with E-state index in [1.165, 1.54) is 15.7 Å². The molecule has 3 aromatic rings. The van der Waals surface area contributed by atoms with Crippen molar-refractivity contribution in [3.63, 3.8) is 0 Å². The molecule has 8 nitrogen and oxygen atoms in total. The third-order valence-corrected chi connectivity index (χ3v) is 3.59. The van der Waals surface area contributed by atoms with Gasteiger partial charge in [-0.1, -0.05) is 11.3 Å². The van der Waals surface area contributed by atoms with Crippen LogP contribution in [-0.2, 0) is 6.54 Å². The maximum atomic E-state index is 11.2. The van der Waals surface area contributed by atoms with Gasteiger partial charge < -0.3 is 20.0 Å². The molecule has 0 spiro atoms. The van der Waals surface area contributed by atoms with Gasteiger partial charge in [0.25, 0.3) is 4.96 Å². The van der Waals surface area contributed by atoms with E-state index < -0.39 is 4.92 Å². The highest BCUT2D eigenvalue weighted by Crippen LogP contribution is 2.28. The van der Waals surface area contributed by atoms with Gasteiger partial charge in [0.1, 0.15) is 6.20 Å². The molecule has 0 bridgehead atoms. The molecule has 3 rings (SSSR count). The zero-order valence-electron chi connectivity index (χ0n) is 10.6. The molecule has 0 saturated heterocycles. The van der Waals surface area contributed by atoms with Gasteiger partial charge in [-0.3, -0.25) is 0 Å². The average Bonchev–Trinajstić information content (AvgIpc) is 3.04. The smallest absolute Gasteiger partial charge is 0.359 e. The summed E-state index contributed by atoms with van der Waals surface area (Å²) in [5.41, 5.74) is 0. The lowest BCUT2D eigenvalue weighted by Gasteiger charge is -2.13. The largest absolute Gasteiger partial charge is 0.372 e. The summed E-state index contributed by atoms with van der Waals surface area (Å²) >= 11 is 1.36.